The van der Waals surface area contributed by atoms with Crippen LogP contribution in [0.5, 0.6) is 0 Å². The molecule has 10 rings (SSSR count). The number of allylic oxidation sites excluding steroid dienone is 1. The number of aliphatic hydroxyl groups is 1. The molecule has 0 bridgehead atoms. The van der Waals surface area contributed by atoms with Crippen molar-refractivity contribution in [3.8, 4) is 5.82 Å². The minimum Gasteiger partial charge on any atom is -0.384 e. The van der Waals surface area contributed by atoms with Crippen LogP contribution in [0.1, 0.15) is 64.6 Å². The van der Waals surface area contributed by atoms with Crippen molar-refractivity contribution in [3.05, 3.63) is 106 Å². The van der Waals surface area contributed by atoms with Gasteiger partial charge in [0, 0.05) is 81.0 Å². The number of carbonyl (C=O) groups excluding carboxylic acids is 4. The Labute approximate surface area is 362 Å². The number of fused-ring (bicyclic) bond motifs is 3. The van der Waals surface area contributed by atoms with E-state index >= 15 is 0 Å². The molecular weight excluding hydrogens is 805 g/mol. The first-order chi connectivity index (χ1) is 30.5. The van der Waals surface area contributed by atoms with Crippen LogP contribution in [0.2, 0.25) is 0 Å². The second-order valence-corrected chi connectivity index (χ2v) is 17.0. The molecule has 63 heavy (non-hydrogen) atoms. The Morgan fingerprint density at radius 3 is 2.46 bits per heavy atom. The van der Waals surface area contributed by atoms with Crippen molar-refractivity contribution >= 4 is 57.7 Å². The van der Waals surface area contributed by atoms with Gasteiger partial charge in [-0.05, 0) is 79.8 Å². The molecule has 18 heteroatoms. The molecule has 0 saturated carbocycles. The third kappa shape index (κ3) is 7.13. The predicted molar refractivity (Wildman–Crippen MR) is 234 cm³/mol. The molecule has 324 valence electrons. The van der Waals surface area contributed by atoms with Gasteiger partial charge in [-0.25, -0.2) is 19.3 Å². The van der Waals surface area contributed by atoms with E-state index in [-0.39, 0.29) is 30.5 Å². The van der Waals surface area contributed by atoms with Gasteiger partial charge in [0.1, 0.15) is 17.0 Å². The third-order valence-electron chi connectivity index (χ3n) is 13.1. The van der Waals surface area contributed by atoms with Crippen LogP contribution in [0, 0.1) is 0 Å². The molecule has 3 saturated heterocycles. The van der Waals surface area contributed by atoms with Gasteiger partial charge in [-0.15, -0.1) is 6.58 Å². The van der Waals surface area contributed by atoms with Gasteiger partial charge in [-0.2, -0.15) is 4.98 Å². The van der Waals surface area contributed by atoms with Crippen LogP contribution in [0.25, 0.3) is 16.9 Å². The molecule has 2 atom stereocenters. The van der Waals surface area contributed by atoms with Gasteiger partial charge < -0.3 is 26.0 Å². The highest BCUT2D eigenvalue weighted by Crippen LogP contribution is 2.39. The number of imide groups is 2. The van der Waals surface area contributed by atoms with Crippen LogP contribution >= 0.6 is 0 Å². The molecule has 0 radical (unpaired) electrons. The van der Waals surface area contributed by atoms with E-state index in [0.29, 0.717) is 59.0 Å². The Morgan fingerprint density at radius 2 is 1.70 bits per heavy atom. The van der Waals surface area contributed by atoms with Crippen molar-refractivity contribution in [3.63, 3.8) is 0 Å². The molecule has 4 aliphatic heterocycles. The van der Waals surface area contributed by atoms with E-state index in [1.54, 1.807) is 22.9 Å². The van der Waals surface area contributed by atoms with Crippen molar-refractivity contribution in [2.75, 3.05) is 54.8 Å². The lowest BCUT2D eigenvalue weighted by molar-refractivity contribution is -0.136. The summed E-state index contributed by atoms with van der Waals surface area (Å²) in [4.78, 5) is 83.6. The van der Waals surface area contributed by atoms with Crippen LogP contribution in [0.15, 0.2) is 78.2 Å². The number of carbonyl (C=O) groups is 4. The number of benzene rings is 2. The lowest BCUT2D eigenvalue weighted by Crippen LogP contribution is -2.69. The zero-order valence-corrected chi connectivity index (χ0v) is 34.8. The lowest BCUT2D eigenvalue weighted by atomic mass is 9.98. The van der Waals surface area contributed by atoms with Gasteiger partial charge in [0.2, 0.25) is 17.8 Å². The van der Waals surface area contributed by atoms with Crippen molar-refractivity contribution in [1.29, 1.82) is 0 Å². The Bertz CT molecular complexity index is 2760. The summed E-state index contributed by atoms with van der Waals surface area (Å²) in [6, 6.07) is 16.8. The van der Waals surface area contributed by atoms with E-state index in [9.17, 15) is 29.1 Å². The van der Waals surface area contributed by atoms with Gasteiger partial charge >= 0.3 is 0 Å². The number of pyridine rings is 1. The zero-order chi connectivity index (χ0) is 43.6. The maximum absolute atomic E-state index is 13.5. The number of amides is 4. The molecule has 18 nitrogen and oxygen atoms in total. The number of hydrogen-bond acceptors (Lipinski definition) is 14. The van der Waals surface area contributed by atoms with Gasteiger partial charge in [0.15, 0.2) is 11.5 Å². The largest absolute Gasteiger partial charge is 0.384 e. The monoisotopic (exact) mass is 852 g/mol. The molecule has 2 aromatic carbocycles. The van der Waals surface area contributed by atoms with Gasteiger partial charge in [-0.3, -0.25) is 39.1 Å². The highest BCUT2D eigenvalue weighted by molar-refractivity contribution is 6.23. The average molecular weight is 853 g/mol. The fourth-order valence-electron chi connectivity index (χ4n) is 9.39. The topological polar surface area (TPSA) is 212 Å². The van der Waals surface area contributed by atoms with Crippen molar-refractivity contribution in [2.45, 2.75) is 69.3 Å². The highest BCUT2D eigenvalue weighted by atomic mass is 16.3. The van der Waals surface area contributed by atoms with Gasteiger partial charge in [-0.1, -0.05) is 19.1 Å². The first kappa shape index (κ1) is 40.3. The summed E-state index contributed by atoms with van der Waals surface area (Å²) in [6.45, 7) is 11.1. The Morgan fingerprint density at radius 1 is 0.921 bits per heavy atom. The quantitative estimate of drug-likeness (QED) is 0.0618. The summed E-state index contributed by atoms with van der Waals surface area (Å²) in [7, 11) is 0. The maximum atomic E-state index is 13.5. The highest BCUT2D eigenvalue weighted by Gasteiger charge is 2.46. The number of anilines is 4. The molecule has 3 fully saturated rings. The molecular formula is C45H48N12O6. The number of likely N-dealkylation sites (tertiary alicyclic amines) is 1. The number of rotatable bonds is 14. The summed E-state index contributed by atoms with van der Waals surface area (Å²) >= 11 is 0. The smallest absolute Gasteiger partial charge is 0.278 e. The zero-order valence-electron chi connectivity index (χ0n) is 34.8. The summed E-state index contributed by atoms with van der Waals surface area (Å²) in [5.74, 6) is -1.19. The number of aryl methyl sites for hydroxylation is 1. The fourth-order valence-corrected chi connectivity index (χ4v) is 9.39. The molecule has 5 aliphatic rings. The molecule has 7 heterocycles. The number of aromatic nitrogens is 5. The summed E-state index contributed by atoms with van der Waals surface area (Å²) < 4.78 is 3.21. The van der Waals surface area contributed by atoms with Crippen LogP contribution in [-0.4, -0.2) is 120 Å². The van der Waals surface area contributed by atoms with E-state index in [1.807, 2.05) is 49.4 Å². The summed E-state index contributed by atoms with van der Waals surface area (Å²) in [6.07, 6.45) is 5.30. The van der Waals surface area contributed by atoms with Crippen LogP contribution in [-0.2, 0) is 28.2 Å². The van der Waals surface area contributed by atoms with E-state index in [2.05, 4.69) is 42.6 Å². The number of nitrogens with zero attached hydrogens (tertiary/aromatic N) is 8. The van der Waals surface area contributed by atoms with Crippen molar-refractivity contribution in [1.82, 2.24) is 44.7 Å². The average Bonchev–Trinajstić information content (AvgIpc) is 3.82. The maximum Gasteiger partial charge on any atom is 0.278 e. The SMILES string of the molecule is C=CCn1c(=O)c2cnc(Nc3ccc(NCCNC4CN(C5CN(c6ccc7c(c6)C(=O)N(C6CCC(=O)NC6=O)C7=O)C5)C4)cc3)nc2n1-c1ccc2c(n1)[C@@](O)(CC)CC2. The molecule has 1 unspecified atom stereocenters. The number of piperidine rings is 1. The minimum absolute atomic E-state index is 0.0870. The van der Waals surface area contributed by atoms with Crippen LogP contribution < -0.4 is 31.7 Å². The van der Waals surface area contributed by atoms with Gasteiger partial charge in [0.25, 0.3) is 17.4 Å². The first-order valence-electron chi connectivity index (χ1n) is 21.5. The molecule has 5 aromatic rings. The number of hydrogen-bond donors (Lipinski definition) is 5. The Hall–Kier alpha value is -6.76. The second-order valence-electron chi connectivity index (χ2n) is 17.0. The first-order valence-corrected chi connectivity index (χ1v) is 21.5. The predicted octanol–water partition coefficient (Wildman–Crippen LogP) is 2.43. The molecule has 0 spiro atoms. The fraction of sp³-hybridized carbons (Fsp3) is 0.378. The molecule has 1 aliphatic carbocycles. The molecule has 3 aromatic heterocycles. The lowest BCUT2D eigenvalue weighted by Gasteiger charge is -2.52. The summed E-state index contributed by atoms with van der Waals surface area (Å²) in [5.41, 5.74) is 3.99. The van der Waals surface area contributed by atoms with Crippen molar-refractivity contribution in [2.24, 2.45) is 0 Å². The van der Waals surface area contributed by atoms with E-state index < -0.39 is 35.3 Å². The van der Waals surface area contributed by atoms with E-state index in [4.69, 9.17) is 9.97 Å². The Balaban J connectivity index is 0.690. The molecule has 4 amide bonds. The molecule has 5 N–H and O–H groups in total. The minimum atomic E-state index is -1.00. The second kappa shape index (κ2) is 15.9. The Kier molecular flexibility index (Phi) is 10.1. The van der Waals surface area contributed by atoms with Crippen LogP contribution in [0.3, 0.4) is 0 Å². The van der Waals surface area contributed by atoms with Crippen molar-refractivity contribution < 1.29 is 24.3 Å². The standard InChI is InChI=1S/C45H48N12O6/c1-3-19-55-41(60)34-21-48-44(52-39(34)57(55)36-13-5-26-15-16-45(63,4-2)38(26)50-36)49-28-8-6-27(7-9-28)46-17-18-47-29-22-53(23-29)31-24-54(25-31)30-10-11-32-33(20-30)43(62)56(42(32)61)35-12-14-37(58)51-40(35)59/h3,5-11,13,20-21,29,31,35,46-47,63H,1,4,12,14-19,22-25H2,2H3,(H,48,49,52)(H,51,58,59)/t35?,45-/m1/s1. The normalized spacial score (nSPS) is 21.3. The summed E-state index contributed by atoms with van der Waals surface area (Å²) in [5, 5.41) is 24.2. The third-order valence-corrected chi connectivity index (χ3v) is 13.1. The van der Waals surface area contributed by atoms with E-state index in [0.717, 1.165) is 73.2 Å². The van der Waals surface area contributed by atoms with Gasteiger partial charge in [0.05, 0.1) is 23.4 Å². The van der Waals surface area contributed by atoms with E-state index in [1.165, 1.54) is 10.9 Å². The number of nitrogens with one attached hydrogen (secondary N) is 4. The van der Waals surface area contributed by atoms with Crippen LogP contribution in [0.4, 0.5) is 23.0 Å².